The summed E-state index contributed by atoms with van der Waals surface area (Å²) in [7, 11) is 1.54. The summed E-state index contributed by atoms with van der Waals surface area (Å²) in [5.41, 5.74) is 3.92. The molecule has 2 aromatic carbocycles. The number of hydrogen-bond acceptors (Lipinski definition) is 5. The molecule has 1 unspecified atom stereocenters. The number of benzene rings is 2. The van der Waals surface area contributed by atoms with E-state index in [2.05, 4.69) is 12.1 Å². The molecule has 0 fully saturated rings. The van der Waals surface area contributed by atoms with E-state index in [0.29, 0.717) is 19.8 Å². The van der Waals surface area contributed by atoms with Crippen molar-refractivity contribution in [1.29, 1.82) is 0 Å². The molecule has 0 spiro atoms. The van der Waals surface area contributed by atoms with Crippen molar-refractivity contribution < 1.29 is 19.0 Å². The van der Waals surface area contributed by atoms with E-state index in [4.69, 9.17) is 19.0 Å². The van der Waals surface area contributed by atoms with E-state index in [0.717, 1.165) is 39.7 Å². The lowest BCUT2D eigenvalue weighted by Crippen LogP contribution is -2.17. The zero-order chi connectivity index (χ0) is 21.9. The molecule has 0 aliphatic rings. The Hall–Kier alpha value is -2.95. The van der Waals surface area contributed by atoms with E-state index in [-0.39, 0.29) is 5.92 Å². The maximum Gasteiger partial charge on any atom is 0.125 e. The molecule has 0 amide bonds. The minimum atomic E-state index is 0.229. The van der Waals surface area contributed by atoms with Gasteiger partial charge in [0, 0.05) is 11.5 Å². The molecule has 0 aliphatic carbocycles. The number of aryl methyl sites for hydroxylation is 2. The molecule has 0 N–H and O–H groups in total. The normalized spacial score (nSPS) is 12.7. The van der Waals surface area contributed by atoms with Gasteiger partial charge in [-0.05, 0) is 63.1 Å². The van der Waals surface area contributed by atoms with E-state index in [9.17, 15) is 0 Å². The molecular formula is C25H33NO4. The van der Waals surface area contributed by atoms with Crippen LogP contribution in [0.4, 0.5) is 0 Å². The van der Waals surface area contributed by atoms with Gasteiger partial charge in [0.1, 0.15) is 31.0 Å². The number of rotatable bonds is 11. The fraction of sp³-hybridized carbons (Fsp3) is 0.400. The average Bonchev–Trinajstić information content (AvgIpc) is 2.72. The maximum absolute atomic E-state index is 6.11. The van der Waals surface area contributed by atoms with Crippen LogP contribution in [0.3, 0.4) is 0 Å². The number of nitrogens with zero attached hydrogens (tertiary/aromatic N) is 1. The minimum absolute atomic E-state index is 0.229. The largest absolute Gasteiger partial charge is 0.493 e. The monoisotopic (exact) mass is 411 g/mol. The first kappa shape index (κ1) is 23.3. The van der Waals surface area contributed by atoms with Gasteiger partial charge in [-0.15, -0.1) is 0 Å². The summed E-state index contributed by atoms with van der Waals surface area (Å²) in [4.78, 5) is 4.84. The van der Waals surface area contributed by atoms with Crippen LogP contribution >= 0.6 is 0 Å². The molecule has 5 heteroatoms. The quantitative estimate of drug-likeness (QED) is 0.269. The topological polar surface area (TPSA) is 49.3 Å². The van der Waals surface area contributed by atoms with E-state index >= 15 is 0 Å². The Morgan fingerprint density at radius 2 is 1.70 bits per heavy atom. The van der Waals surface area contributed by atoms with Gasteiger partial charge in [-0.2, -0.15) is 0 Å². The van der Waals surface area contributed by atoms with Gasteiger partial charge in [-0.1, -0.05) is 36.4 Å². The van der Waals surface area contributed by atoms with Gasteiger partial charge in [0.05, 0.1) is 18.9 Å². The van der Waals surface area contributed by atoms with Crippen LogP contribution in [-0.2, 0) is 4.84 Å². The summed E-state index contributed by atoms with van der Waals surface area (Å²) in [5, 5.41) is 3.97. The third kappa shape index (κ3) is 7.14. The molecule has 0 aliphatic heterocycles. The van der Waals surface area contributed by atoms with Gasteiger partial charge in [-0.25, -0.2) is 0 Å². The van der Waals surface area contributed by atoms with Crippen molar-refractivity contribution in [2.75, 3.05) is 26.9 Å². The fourth-order valence-electron chi connectivity index (χ4n) is 2.97. The van der Waals surface area contributed by atoms with Crippen LogP contribution in [0.5, 0.6) is 17.2 Å². The van der Waals surface area contributed by atoms with Crippen LogP contribution in [-0.4, -0.2) is 32.6 Å². The molecule has 0 heterocycles. The first-order chi connectivity index (χ1) is 14.4. The molecule has 0 saturated heterocycles. The highest BCUT2D eigenvalue weighted by Gasteiger charge is 2.11. The van der Waals surface area contributed by atoms with Crippen molar-refractivity contribution in [1.82, 2.24) is 0 Å². The van der Waals surface area contributed by atoms with Crippen molar-refractivity contribution in [2.24, 2.45) is 11.1 Å². The molecule has 2 aromatic rings. The summed E-state index contributed by atoms with van der Waals surface area (Å²) in [6, 6.07) is 11.9. The standard InChI is InChI=1S/C25H33NO4/c1-7-8-12-28-24-13-19(3)25(20(4)14-24)30-17-18(2)16-29-23-11-9-10-22(15-23)21(5)26-27-6/h7-11,13-15,18H,12,16-17H2,1-6H3/b8-7+,26-21+. The van der Waals surface area contributed by atoms with Crippen LogP contribution in [0.15, 0.2) is 53.7 Å². The molecule has 5 nitrogen and oxygen atoms in total. The van der Waals surface area contributed by atoms with Gasteiger partial charge in [0.25, 0.3) is 0 Å². The lowest BCUT2D eigenvalue weighted by atomic mass is 10.1. The molecule has 0 bridgehead atoms. The van der Waals surface area contributed by atoms with Crippen molar-refractivity contribution >= 4 is 5.71 Å². The fourth-order valence-corrected chi connectivity index (χ4v) is 2.97. The highest BCUT2D eigenvalue weighted by atomic mass is 16.6. The van der Waals surface area contributed by atoms with Crippen molar-refractivity contribution in [2.45, 2.75) is 34.6 Å². The van der Waals surface area contributed by atoms with Gasteiger partial charge in [0.2, 0.25) is 0 Å². The number of oxime groups is 1. The number of hydrogen-bond donors (Lipinski definition) is 0. The predicted octanol–water partition coefficient (Wildman–Crippen LogP) is 5.72. The molecule has 1 atom stereocenters. The van der Waals surface area contributed by atoms with Gasteiger partial charge < -0.3 is 19.0 Å². The summed E-state index contributed by atoms with van der Waals surface area (Å²) in [6.07, 6.45) is 3.96. The Morgan fingerprint density at radius 3 is 2.37 bits per heavy atom. The molecule has 0 saturated carbocycles. The Kier molecular flexibility index (Phi) is 9.26. The molecule has 30 heavy (non-hydrogen) atoms. The summed E-state index contributed by atoms with van der Waals surface area (Å²) < 4.78 is 17.8. The van der Waals surface area contributed by atoms with E-state index in [1.165, 1.54) is 0 Å². The highest BCUT2D eigenvalue weighted by Crippen LogP contribution is 2.29. The maximum atomic E-state index is 6.11. The lowest BCUT2D eigenvalue weighted by molar-refractivity contribution is 0.187. The SMILES string of the molecule is C/C=C/COc1cc(C)c(OCC(C)COc2cccc(/C(C)=N/OC)c2)c(C)c1. The van der Waals surface area contributed by atoms with Gasteiger partial charge in [-0.3, -0.25) is 0 Å². The van der Waals surface area contributed by atoms with E-state index in [1.807, 2.05) is 76.2 Å². The van der Waals surface area contributed by atoms with Gasteiger partial charge >= 0.3 is 0 Å². The predicted molar refractivity (Wildman–Crippen MR) is 122 cm³/mol. The summed E-state index contributed by atoms with van der Waals surface area (Å²) in [5.74, 6) is 2.81. The second-order valence-corrected chi connectivity index (χ2v) is 7.38. The molecule has 2 rings (SSSR count). The first-order valence-corrected chi connectivity index (χ1v) is 10.2. The Labute approximate surface area is 180 Å². The average molecular weight is 412 g/mol. The number of ether oxygens (including phenoxy) is 3. The number of allylic oxidation sites excluding steroid dienone is 1. The second-order valence-electron chi connectivity index (χ2n) is 7.38. The van der Waals surface area contributed by atoms with E-state index in [1.54, 1.807) is 7.11 Å². The molecule has 0 aromatic heterocycles. The summed E-state index contributed by atoms with van der Waals surface area (Å²) in [6.45, 7) is 11.8. The van der Waals surface area contributed by atoms with E-state index < -0.39 is 0 Å². The van der Waals surface area contributed by atoms with Crippen LogP contribution in [0.2, 0.25) is 0 Å². The second kappa shape index (κ2) is 11.9. The Morgan fingerprint density at radius 1 is 1.00 bits per heavy atom. The van der Waals surface area contributed by atoms with Crippen LogP contribution < -0.4 is 14.2 Å². The van der Waals surface area contributed by atoms with Gasteiger partial charge in [0.15, 0.2) is 0 Å². The Bertz CT molecular complexity index is 850. The minimum Gasteiger partial charge on any atom is -0.493 e. The smallest absolute Gasteiger partial charge is 0.125 e. The first-order valence-electron chi connectivity index (χ1n) is 10.2. The lowest BCUT2D eigenvalue weighted by Gasteiger charge is -2.18. The summed E-state index contributed by atoms with van der Waals surface area (Å²) >= 11 is 0. The molecule has 0 radical (unpaired) electrons. The zero-order valence-corrected chi connectivity index (χ0v) is 18.9. The van der Waals surface area contributed by atoms with Crippen molar-refractivity contribution in [3.05, 3.63) is 65.2 Å². The van der Waals surface area contributed by atoms with Crippen LogP contribution in [0.1, 0.15) is 37.5 Å². The van der Waals surface area contributed by atoms with Crippen molar-refractivity contribution in [3.8, 4) is 17.2 Å². The zero-order valence-electron chi connectivity index (χ0n) is 18.9. The van der Waals surface area contributed by atoms with Crippen LogP contribution in [0, 0.1) is 19.8 Å². The molecular weight excluding hydrogens is 378 g/mol. The third-order valence-corrected chi connectivity index (χ3v) is 4.54. The Balaban J connectivity index is 1.90. The van der Waals surface area contributed by atoms with Crippen molar-refractivity contribution in [3.63, 3.8) is 0 Å². The third-order valence-electron chi connectivity index (χ3n) is 4.54. The van der Waals surface area contributed by atoms with Crippen LogP contribution in [0.25, 0.3) is 0 Å². The molecule has 162 valence electrons. The highest BCUT2D eigenvalue weighted by molar-refractivity contribution is 5.98.